The van der Waals surface area contributed by atoms with E-state index in [0.29, 0.717) is 45.2 Å². The van der Waals surface area contributed by atoms with E-state index in [1.54, 1.807) is 10.7 Å². The highest BCUT2D eigenvalue weighted by molar-refractivity contribution is 6.33. The molecule has 1 aliphatic heterocycles. The molecule has 2 aromatic rings. The molecule has 1 amide bonds. The van der Waals surface area contributed by atoms with Gasteiger partial charge >= 0.3 is 0 Å². The van der Waals surface area contributed by atoms with Gasteiger partial charge in [-0.25, -0.2) is 0 Å². The molecule has 0 atom stereocenters. The Morgan fingerprint density at radius 2 is 2.00 bits per heavy atom. The fraction of sp³-hybridized carbons (Fsp3) is 0.708. The van der Waals surface area contributed by atoms with Gasteiger partial charge in [0.15, 0.2) is 0 Å². The zero-order valence-corrected chi connectivity index (χ0v) is 20.8. The third-order valence-electron chi connectivity index (χ3n) is 7.08. The molecule has 1 aliphatic carbocycles. The van der Waals surface area contributed by atoms with Gasteiger partial charge in [0.1, 0.15) is 27.9 Å². The fourth-order valence-electron chi connectivity index (χ4n) is 5.01. The van der Waals surface area contributed by atoms with Crippen LogP contribution in [0.25, 0.3) is 11.4 Å². The van der Waals surface area contributed by atoms with E-state index < -0.39 is 0 Å². The number of hydrogen-bond acceptors (Lipinski definition) is 5. The van der Waals surface area contributed by atoms with Gasteiger partial charge < -0.3 is 14.7 Å². The van der Waals surface area contributed by atoms with Gasteiger partial charge in [0, 0.05) is 18.7 Å². The smallest absolute Gasteiger partial charge is 0.256 e. The molecule has 0 unspecified atom stereocenters. The highest BCUT2D eigenvalue weighted by Gasteiger charge is 2.46. The normalized spacial score (nSPS) is 19.3. The van der Waals surface area contributed by atoms with E-state index in [2.05, 4.69) is 41.2 Å². The number of aryl methyl sites for hydroxylation is 2. The topological polar surface area (TPSA) is 76.2 Å². The molecule has 32 heavy (non-hydrogen) atoms. The van der Waals surface area contributed by atoms with Gasteiger partial charge in [0.2, 0.25) is 0 Å². The molecule has 2 aliphatic rings. The highest BCUT2D eigenvalue weighted by atomic mass is 35.5. The first-order chi connectivity index (χ1) is 15.1. The number of aromatic nitrogens is 3. The van der Waals surface area contributed by atoms with Crippen LogP contribution in [0.3, 0.4) is 0 Å². The van der Waals surface area contributed by atoms with E-state index in [0.717, 1.165) is 12.8 Å². The van der Waals surface area contributed by atoms with E-state index in [4.69, 9.17) is 16.1 Å². The summed E-state index contributed by atoms with van der Waals surface area (Å²) in [7, 11) is 0. The van der Waals surface area contributed by atoms with Gasteiger partial charge in [-0.05, 0) is 76.4 Å². The molecule has 1 N–H and O–H groups in total. The van der Waals surface area contributed by atoms with Crippen LogP contribution < -0.4 is 5.32 Å². The Morgan fingerprint density at radius 1 is 1.31 bits per heavy atom. The average Bonchev–Trinajstić information content (AvgIpc) is 3.28. The first-order valence-electron chi connectivity index (χ1n) is 11.8. The summed E-state index contributed by atoms with van der Waals surface area (Å²) in [6.07, 6.45) is 5.77. The Bertz CT molecular complexity index is 958. The lowest BCUT2D eigenvalue weighted by molar-refractivity contribution is 0.00470. The van der Waals surface area contributed by atoms with Crippen LogP contribution in [0.1, 0.15) is 75.9 Å². The predicted molar refractivity (Wildman–Crippen MR) is 126 cm³/mol. The number of rotatable bonds is 6. The largest absolute Gasteiger partial charge is 0.361 e. The highest BCUT2D eigenvalue weighted by Crippen LogP contribution is 2.49. The average molecular weight is 462 g/mol. The van der Waals surface area contributed by atoms with Crippen molar-refractivity contribution in [1.82, 2.24) is 25.2 Å². The summed E-state index contributed by atoms with van der Waals surface area (Å²) in [6.45, 7) is 14.8. The molecule has 1 spiro atoms. The summed E-state index contributed by atoms with van der Waals surface area (Å²) in [6, 6.07) is 1.97. The number of nitrogens with zero attached hydrogens (tertiary/aromatic N) is 4. The number of piperidine rings is 1. The minimum atomic E-state index is -0.173. The van der Waals surface area contributed by atoms with E-state index in [1.165, 1.54) is 38.9 Å². The summed E-state index contributed by atoms with van der Waals surface area (Å²) in [5.41, 5.74) is 2.18. The fourth-order valence-corrected chi connectivity index (χ4v) is 5.34. The van der Waals surface area contributed by atoms with Crippen molar-refractivity contribution in [2.24, 2.45) is 10.8 Å². The molecular weight excluding hydrogens is 426 g/mol. The van der Waals surface area contributed by atoms with Crippen molar-refractivity contribution in [3.63, 3.8) is 0 Å². The van der Waals surface area contributed by atoms with Crippen molar-refractivity contribution in [3.8, 4) is 11.4 Å². The van der Waals surface area contributed by atoms with Crippen molar-refractivity contribution in [3.05, 3.63) is 22.5 Å². The SMILES string of the molecule is CCn1nc(-c2cc(C)on2)c(C(=O)NC2CC3(CCN(CCC(C)(C)C)CC3)C2)c1Cl. The minimum absolute atomic E-state index is 0.173. The summed E-state index contributed by atoms with van der Waals surface area (Å²) < 4.78 is 6.82. The van der Waals surface area contributed by atoms with Gasteiger partial charge in [-0.1, -0.05) is 37.5 Å². The van der Waals surface area contributed by atoms with Gasteiger partial charge in [-0.2, -0.15) is 5.10 Å². The van der Waals surface area contributed by atoms with Gasteiger partial charge in [-0.3, -0.25) is 9.48 Å². The molecule has 7 nitrogen and oxygen atoms in total. The molecule has 0 bridgehead atoms. The third kappa shape index (κ3) is 4.88. The zero-order valence-electron chi connectivity index (χ0n) is 20.0. The Kier molecular flexibility index (Phi) is 6.43. The molecule has 176 valence electrons. The molecule has 2 fully saturated rings. The molecule has 1 saturated carbocycles. The summed E-state index contributed by atoms with van der Waals surface area (Å²) in [5, 5.41) is 12.1. The number of carbonyl (C=O) groups excluding carboxylic acids is 1. The van der Waals surface area contributed by atoms with Crippen molar-refractivity contribution in [2.45, 2.75) is 79.3 Å². The summed E-state index contributed by atoms with van der Waals surface area (Å²) in [4.78, 5) is 15.8. The van der Waals surface area contributed by atoms with Crippen LogP contribution >= 0.6 is 11.6 Å². The van der Waals surface area contributed by atoms with Gasteiger partial charge in [0.25, 0.3) is 5.91 Å². The van der Waals surface area contributed by atoms with Crippen molar-refractivity contribution < 1.29 is 9.32 Å². The maximum absolute atomic E-state index is 13.2. The number of amides is 1. The summed E-state index contributed by atoms with van der Waals surface area (Å²) >= 11 is 6.52. The quantitative estimate of drug-likeness (QED) is 0.659. The molecule has 2 aromatic heterocycles. The van der Waals surface area contributed by atoms with E-state index >= 15 is 0 Å². The van der Waals surface area contributed by atoms with Crippen LogP contribution in [0.5, 0.6) is 0 Å². The lowest BCUT2D eigenvalue weighted by Crippen LogP contribution is -2.55. The van der Waals surface area contributed by atoms with Crippen molar-refractivity contribution in [1.29, 1.82) is 0 Å². The first-order valence-corrected chi connectivity index (χ1v) is 12.2. The van der Waals surface area contributed by atoms with Gasteiger partial charge in [-0.15, -0.1) is 0 Å². The van der Waals surface area contributed by atoms with Crippen LogP contribution in [0.2, 0.25) is 5.15 Å². The molecule has 3 heterocycles. The van der Waals surface area contributed by atoms with E-state index in [1.807, 2.05) is 13.8 Å². The second kappa shape index (κ2) is 8.82. The maximum Gasteiger partial charge on any atom is 0.256 e. The second-order valence-electron chi connectivity index (χ2n) is 10.9. The van der Waals surface area contributed by atoms with Crippen LogP contribution in [-0.2, 0) is 6.54 Å². The monoisotopic (exact) mass is 461 g/mol. The second-order valence-corrected chi connectivity index (χ2v) is 11.2. The predicted octanol–water partition coefficient (Wildman–Crippen LogP) is 4.93. The molecule has 0 aromatic carbocycles. The third-order valence-corrected chi connectivity index (χ3v) is 7.46. The summed E-state index contributed by atoms with van der Waals surface area (Å²) in [5.74, 6) is 0.496. The van der Waals surface area contributed by atoms with Crippen molar-refractivity contribution >= 4 is 17.5 Å². The molecule has 0 radical (unpaired) electrons. The molecule has 4 rings (SSSR count). The minimum Gasteiger partial charge on any atom is -0.361 e. The molecule has 8 heteroatoms. The maximum atomic E-state index is 13.2. The van der Waals surface area contributed by atoms with E-state index in [-0.39, 0.29) is 11.9 Å². The van der Waals surface area contributed by atoms with Crippen LogP contribution in [0.4, 0.5) is 0 Å². The number of hydrogen-bond donors (Lipinski definition) is 1. The number of halogens is 1. The Labute approximate surface area is 195 Å². The van der Waals surface area contributed by atoms with Gasteiger partial charge in [0.05, 0.1) is 0 Å². The molecule has 1 saturated heterocycles. The first kappa shape index (κ1) is 23.3. The lowest BCUT2D eigenvalue weighted by Gasteiger charge is -2.52. The van der Waals surface area contributed by atoms with Crippen molar-refractivity contribution in [2.75, 3.05) is 19.6 Å². The standard InChI is InChI=1S/C24H36ClN5O2/c1-6-30-21(25)19(20(27-30)18-13-16(2)32-28-18)22(31)26-17-14-24(15-17)8-11-29(12-9-24)10-7-23(3,4)5/h13,17H,6-12,14-15H2,1-5H3,(H,26,31). The Morgan fingerprint density at radius 3 is 2.56 bits per heavy atom. The number of likely N-dealkylation sites (tertiary alicyclic amines) is 1. The molecular formula is C24H36ClN5O2. The lowest BCUT2D eigenvalue weighted by atomic mass is 9.60. The Balaban J connectivity index is 1.35. The number of nitrogens with one attached hydrogen (secondary N) is 1. The number of carbonyl (C=O) groups is 1. The van der Waals surface area contributed by atoms with Crippen LogP contribution in [0, 0.1) is 17.8 Å². The zero-order chi connectivity index (χ0) is 23.1. The van der Waals surface area contributed by atoms with Crippen LogP contribution in [-0.4, -0.2) is 51.4 Å². The Hall–Kier alpha value is -1.86. The van der Waals surface area contributed by atoms with E-state index in [9.17, 15) is 4.79 Å². The van der Waals surface area contributed by atoms with Crippen LogP contribution in [0.15, 0.2) is 10.6 Å².